The molecule has 0 heterocycles. The van der Waals surface area contributed by atoms with Crippen LogP contribution in [-0.4, -0.2) is 18.9 Å². The van der Waals surface area contributed by atoms with Crippen LogP contribution in [0.4, 0.5) is 42.1 Å². The van der Waals surface area contributed by atoms with Crippen LogP contribution in [0.15, 0.2) is 18.2 Å². The Morgan fingerprint density at radius 1 is 1.11 bits per heavy atom. The minimum Gasteiger partial charge on any atom is -0.397 e. The fourth-order valence-corrected chi connectivity index (χ4v) is 1.19. The van der Waals surface area contributed by atoms with Gasteiger partial charge in [-0.2, -0.15) is 22.0 Å². The number of benzene rings is 1. The van der Waals surface area contributed by atoms with Gasteiger partial charge < -0.3 is 11.1 Å². The standard InChI is InChI=1S/C10H9F7N2/c11-8(12)9(13,14)4-19-7-2-1-5(3-6(7)18)10(15,16)17/h1-3,8,19H,4,18H2. The molecule has 0 aliphatic heterocycles. The fraction of sp³-hybridized carbons (Fsp3) is 0.400. The van der Waals surface area contributed by atoms with Gasteiger partial charge in [-0.3, -0.25) is 0 Å². The summed E-state index contributed by atoms with van der Waals surface area (Å²) in [6.45, 7) is -1.43. The van der Waals surface area contributed by atoms with Crippen molar-refractivity contribution in [1.82, 2.24) is 0 Å². The summed E-state index contributed by atoms with van der Waals surface area (Å²) >= 11 is 0. The molecule has 0 atom stereocenters. The molecule has 0 aromatic heterocycles. The van der Waals surface area contributed by atoms with Gasteiger partial charge in [-0.15, -0.1) is 0 Å². The molecule has 0 saturated heterocycles. The molecule has 0 fully saturated rings. The van der Waals surface area contributed by atoms with E-state index in [0.717, 1.165) is 6.07 Å². The van der Waals surface area contributed by atoms with Crippen LogP contribution in [0.2, 0.25) is 0 Å². The number of hydrogen-bond acceptors (Lipinski definition) is 2. The maximum Gasteiger partial charge on any atom is 0.416 e. The van der Waals surface area contributed by atoms with E-state index >= 15 is 0 Å². The molecule has 3 N–H and O–H groups in total. The van der Waals surface area contributed by atoms with Crippen molar-refractivity contribution in [3.8, 4) is 0 Å². The Kier molecular flexibility index (Phi) is 4.16. The molecule has 19 heavy (non-hydrogen) atoms. The molecule has 0 aliphatic rings. The normalized spacial score (nSPS) is 12.8. The van der Waals surface area contributed by atoms with Crippen molar-refractivity contribution in [1.29, 1.82) is 0 Å². The topological polar surface area (TPSA) is 38.0 Å². The lowest BCUT2D eigenvalue weighted by Gasteiger charge is -2.18. The molecule has 1 rings (SSSR count). The average Bonchev–Trinajstić information content (AvgIpc) is 2.25. The zero-order chi connectivity index (χ0) is 14.8. The molecule has 0 amide bonds. The molecule has 1 aromatic carbocycles. The van der Waals surface area contributed by atoms with Crippen molar-refractivity contribution in [2.45, 2.75) is 18.5 Å². The third-order valence-electron chi connectivity index (χ3n) is 2.21. The van der Waals surface area contributed by atoms with E-state index in [9.17, 15) is 30.7 Å². The van der Waals surface area contributed by atoms with Gasteiger partial charge in [-0.1, -0.05) is 0 Å². The van der Waals surface area contributed by atoms with E-state index in [-0.39, 0.29) is 5.69 Å². The molecular weight excluding hydrogens is 281 g/mol. The van der Waals surface area contributed by atoms with Gasteiger partial charge in [0.05, 0.1) is 23.5 Å². The van der Waals surface area contributed by atoms with Crippen LogP contribution in [0.1, 0.15) is 5.56 Å². The monoisotopic (exact) mass is 290 g/mol. The highest BCUT2D eigenvalue weighted by atomic mass is 19.4. The van der Waals surface area contributed by atoms with Gasteiger partial charge in [0.2, 0.25) is 0 Å². The van der Waals surface area contributed by atoms with Crippen molar-refractivity contribution >= 4 is 11.4 Å². The Labute approximate surface area is 103 Å². The Hall–Kier alpha value is -1.67. The number of anilines is 2. The number of rotatable bonds is 4. The number of alkyl halides is 7. The number of nitrogen functional groups attached to an aromatic ring is 1. The molecule has 9 heteroatoms. The number of halogens is 7. The van der Waals surface area contributed by atoms with E-state index < -0.39 is 36.3 Å². The van der Waals surface area contributed by atoms with Gasteiger partial charge >= 0.3 is 18.5 Å². The number of hydrogen-bond donors (Lipinski definition) is 2. The molecule has 2 nitrogen and oxygen atoms in total. The maximum absolute atomic E-state index is 12.6. The minimum atomic E-state index is -4.63. The van der Waals surface area contributed by atoms with Gasteiger partial charge in [-0.25, -0.2) is 8.78 Å². The first-order valence-corrected chi connectivity index (χ1v) is 4.90. The lowest BCUT2D eigenvalue weighted by Crippen LogP contribution is -2.35. The van der Waals surface area contributed by atoms with Gasteiger partial charge in [-0.05, 0) is 18.2 Å². The second kappa shape index (κ2) is 5.14. The van der Waals surface area contributed by atoms with E-state index in [1.165, 1.54) is 0 Å². The molecular formula is C10H9F7N2. The maximum atomic E-state index is 12.6. The Morgan fingerprint density at radius 2 is 1.68 bits per heavy atom. The highest BCUT2D eigenvalue weighted by Crippen LogP contribution is 2.33. The quantitative estimate of drug-likeness (QED) is 0.657. The first-order valence-electron chi connectivity index (χ1n) is 4.90. The predicted molar refractivity (Wildman–Crippen MR) is 55.3 cm³/mol. The van der Waals surface area contributed by atoms with Crippen LogP contribution >= 0.6 is 0 Å². The first-order chi connectivity index (χ1) is 8.54. The predicted octanol–water partition coefficient (Wildman–Crippen LogP) is 3.60. The largest absolute Gasteiger partial charge is 0.416 e. The second-order valence-corrected chi connectivity index (χ2v) is 3.72. The van der Waals surface area contributed by atoms with Crippen LogP contribution in [0.25, 0.3) is 0 Å². The van der Waals surface area contributed by atoms with Crippen LogP contribution in [0.5, 0.6) is 0 Å². The summed E-state index contributed by atoms with van der Waals surface area (Å²) < 4.78 is 85.8. The van der Waals surface area contributed by atoms with Crippen molar-refractivity contribution < 1.29 is 30.7 Å². The van der Waals surface area contributed by atoms with E-state index in [1.54, 1.807) is 0 Å². The summed E-state index contributed by atoms with van der Waals surface area (Å²) in [5.74, 6) is -4.30. The molecule has 1 aromatic rings. The van der Waals surface area contributed by atoms with E-state index in [1.807, 2.05) is 5.32 Å². The number of nitrogens with one attached hydrogen (secondary N) is 1. The summed E-state index contributed by atoms with van der Waals surface area (Å²) in [6.07, 6.45) is -8.50. The average molecular weight is 290 g/mol. The number of nitrogens with two attached hydrogens (primary N) is 1. The Morgan fingerprint density at radius 3 is 2.11 bits per heavy atom. The minimum absolute atomic E-state index is 0.270. The van der Waals surface area contributed by atoms with E-state index in [0.29, 0.717) is 12.1 Å². The van der Waals surface area contributed by atoms with E-state index in [2.05, 4.69) is 0 Å². The molecule has 0 aliphatic carbocycles. The Bertz CT molecular complexity index is 442. The summed E-state index contributed by atoms with van der Waals surface area (Å²) in [7, 11) is 0. The molecule has 0 unspecified atom stereocenters. The second-order valence-electron chi connectivity index (χ2n) is 3.72. The van der Waals surface area contributed by atoms with Gasteiger partial charge in [0.25, 0.3) is 0 Å². The smallest absolute Gasteiger partial charge is 0.397 e. The van der Waals surface area contributed by atoms with Crippen molar-refractivity contribution in [3.63, 3.8) is 0 Å². The third-order valence-corrected chi connectivity index (χ3v) is 2.21. The summed E-state index contributed by atoms with van der Waals surface area (Å²) in [5, 5.41) is 1.89. The molecule has 0 radical (unpaired) electrons. The molecule has 0 bridgehead atoms. The summed E-state index contributed by atoms with van der Waals surface area (Å²) in [6, 6.07) is 1.95. The highest BCUT2D eigenvalue weighted by molar-refractivity contribution is 5.67. The Balaban J connectivity index is 2.82. The molecule has 0 saturated carbocycles. The van der Waals surface area contributed by atoms with E-state index in [4.69, 9.17) is 5.73 Å². The van der Waals surface area contributed by atoms with Crippen LogP contribution < -0.4 is 11.1 Å². The lowest BCUT2D eigenvalue weighted by atomic mass is 10.1. The highest BCUT2D eigenvalue weighted by Gasteiger charge is 2.40. The lowest BCUT2D eigenvalue weighted by molar-refractivity contribution is -0.137. The molecule has 0 spiro atoms. The third kappa shape index (κ3) is 3.90. The van der Waals surface area contributed by atoms with Crippen molar-refractivity contribution in [2.75, 3.05) is 17.6 Å². The van der Waals surface area contributed by atoms with Crippen molar-refractivity contribution in [2.24, 2.45) is 0 Å². The van der Waals surface area contributed by atoms with Crippen LogP contribution in [-0.2, 0) is 6.18 Å². The van der Waals surface area contributed by atoms with Crippen molar-refractivity contribution in [3.05, 3.63) is 23.8 Å². The van der Waals surface area contributed by atoms with Crippen LogP contribution in [0, 0.1) is 0 Å². The van der Waals surface area contributed by atoms with Crippen LogP contribution in [0.3, 0.4) is 0 Å². The fourth-order valence-electron chi connectivity index (χ4n) is 1.19. The van der Waals surface area contributed by atoms with Gasteiger partial charge in [0.15, 0.2) is 0 Å². The van der Waals surface area contributed by atoms with Gasteiger partial charge in [0, 0.05) is 0 Å². The molecule has 108 valence electrons. The zero-order valence-corrected chi connectivity index (χ0v) is 9.24. The summed E-state index contributed by atoms with van der Waals surface area (Å²) in [4.78, 5) is 0. The van der Waals surface area contributed by atoms with Gasteiger partial charge in [0.1, 0.15) is 0 Å². The SMILES string of the molecule is Nc1cc(C(F)(F)F)ccc1NCC(F)(F)C(F)F. The summed E-state index contributed by atoms with van der Waals surface area (Å²) in [5.41, 5.74) is 3.44. The first kappa shape index (κ1) is 15.4. The zero-order valence-electron chi connectivity index (χ0n) is 9.24.